The van der Waals surface area contributed by atoms with Gasteiger partial charge in [0.2, 0.25) is 11.9 Å². The second-order valence-electron chi connectivity index (χ2n) is 3.50. The lowest BCUT2D eigenvalue weighted by atomic mass is 10.5. The summed E-state index contributed by atoms with van der Waals surface area (Å²) in [5.41, 5.74) is 0. The standard InChI is InChI=1S/C9H19N5/c1-6-10-8-11-7(2)12-9(13(3)4)14(8)5/h7H,6H2,1-5H3,(H,10,11). The van der Waals surface area contributed by atoms with Crippen LogP contribution in [-0.4, -0.2) is 55.6 Å². The van der Waals surface area contributed by atoms with Crippen LogP contribution in [0.3, 0.4) is 0 Å². The lowest BCUT2D eigenvalue weighted by Gasteiger charge is -2.31. The molecule has 1 rings (SSSR count). The molecule has 14 heavy (non-hydrogen) atoms. The van der Waals surface area contributed by atoms with Crippen molar-refractivity contribution in [3.05, 3.63) is 0 Å². The van der Waals surface area contributed by atoms with Gasteiger partial charge in [-0.05, 0) is 13.8 Å². The van der Waals surface area contributed by atoms with E-state index in [1.165, 1.54) is 0 Å². The van der Waals surface area contributed by atoms with E-state index in [4.69, 9.17) is 0 Å². The Kier molecular flexibility index (Phi) is 3.33. The van der Waals surface area contributed by atoms with Gasteiger partial charge in [0.15, 0.2) is 0 Å². The first-order valence-electron chi connectivity index (χ1n) is 4.86. The molecule has 1 unspecified atom stereocenters. The molecule has 0 aliphatic carbocycles. The van der Waals surface area contributed by atoms with Gasteiger partial charge in [-0.25, -0.2) is 9.98 Å². The Morgan fingerprint density at radius 1 is 1.43 bits per heavy atom. The molecular formula is C9H19N5. The Balaban J connectivity index is 2.83. The molecule has 0 saturated carbocycles. The van der Waals surface area contributed by atoms with Gasteiger partial charge in [0.05, 0.1) is 0 Å². The van der Waals surface area contributed by atoms with E-state index < -0.39 is 0 Å². The van der Waals surface area contributed by atoms with Crippen LogP contribution in [0.1, 0.15) is 13.8 Å². The molecule has 0 aromatic heterocycles. The molecule has 1 aliphatic rings. The quantitative estimate of drug-likeness (QED) is 0.651. The molecule has 0 amide bonds. The maximum absolute atomic E-state index is 4.44. The smallest absolute Gasteiger partial charge is 0.204 e. The SMILES string of the molecule is CCNC1=NC(C)N=C(N(C)C)N1C. The van der Waals surface area contributed by atoms with E-state index in [1.54, 1.807) is 0 Å². The van der Waals surface area contributed by atoms with Gasteiger partial charge >= 0.3 is 0 Å². The molecule has 80 valence electrons. The topological polar surface area (TPSA) is 43.2 Å². The number of guanidine groups is 2. The molecule has 1 heterocycles. The van der Waals surface area contributed by atoms with Crippen molar-refractivity contribution in [3.63, 3.8) is 0 Å². The van der Waals surface area contributed by atoms with Gasteiger partial charge in [-0.15, -0.1) is 0 Å². The number of nitrogens with zero attached hydrogens (tertiary/aromatic N) is 4. The Bertz CT molecular complexity index is 256. The molecule has 5 nitrogen and oxygen atoms in total. The van der Waals surface area contributed by atoms with Crippen LogP contribution in [0, 0.1) is 0 Å². The maximum Gasteiger partial charge on any atom is 0.204 e. The van der Waals surface area contributed by atoms with Crippen molar-refractivity contribution in [3.8, 4) is 0 Å². The zero-order chi connectivity index (χ0) is 10.7. The number of nitrogens with one attached hydrogen (secondary N) is 1. The van der Waals surface area contributed by atoms with Crippen LogP contribution >= 0.6 is 0 Å². The zero-order valence-corrected chi connectivity index (χ0v) is 9.57. The molecular weight excluding hydrogens is 178 g/mol. The second-order valence-corrected chi connectivity index (χ2v) is 3.50. The highest BCUT2D eigenvalue weighted by molar-refractivity contribution is 5.99. The van der Waals surface area contributed by atoms with Gasteiger partial charge in [-0.1, -0.05) is 0 Å². The average molecular weight is 197 g/mol. The van der Waals surface area contributed by atoms with E-state index >= 15 is 0 Å². The third-order valence-corrected chi connectivity index (χ3v) is 1.96. The van der Waals surface area contributed by atoms with Crippen LogP contribution in [0.2, 0.25) is 0 Å². The Hall–Kier alpha value is -1.26. The van der Waals surface area contributed by atoms with Gasteiger partial charge in [0.1, 0.15) is 6.17 Å². The summed E-state index contributed by atoms with van der Waals surface area (Å²) < 4.78 is 0. The van der Waals surface area contributed by atoms with Crippen LogP contribution in [0.5, 0.6) is 0 Å². The molecule has 0 aromatic rings. The molecule has 1 N–H and O–H groups in total. The Labute approximate surface area is 85.5 Å². The Morgan fingerprint density at radius 2 is 2.07 bits per heavy atom. The summed E-state index contributed by atoms with van der Waals surface area (Å²) in [7, 11) is 5.93. The molecule has 0 saturated heterocycles. The van der Waals surface area contributed by atoms with Crippen LogP contribution in [0.15, 0.2) is 9.98 Å². The van der Waals surface area contributed by atoms with Crippen molar-refractivity contribution >= 4 is 11.9 Å². The van der Waals surface area contributed by atoms with Crippen LogP contribution in [0.25, 0.3) is 0 Å². The normalized spacial score (nSPS) is 21.5. The van der Waals surface area contributed by atoms with Crippen molar-refractivity contribution in [1.29, 1.82) is 0 Å². The number of hydrogen-bond acceptors (Lipinski definition) is 5. The van der Waals surface area contributed by atoms with Gasteiger partial charge in [0.25, 0.3) is 0 Å². The third kappa shape index (κ3) is 2.16. The molecule has 5 heteroatoms. The summed E-state index contributed by atoms with van der Waals surface area (Å²) >= 11 is 0. The molecule has 1 atom stereocenters. The summed E-state index contributed by atoms with van der Waals surface area (Å²) in [6, 6.07) is 0. The molecule has 0 bridgehead atoms. The zero-order valence-electron chi connectivity index (χ0n) is 9.57. The van der Waals surface area contributed by atoms with Gasteiger partial charge in [0, 0.05) is 27.7 Å². The van der Waals surface area contributed by atoms with Crippen molar-refractivity contribution in [2.45, 2.75) is 20.0 Å². The third-order valence-electron chi connectivity index (χ3n) is 1.96. The van der Waals surface area contributed by atoms with E-state index in [2.05, 4.69) is 22.2 Å². The van der Waals surface area contributed by atoms with E-state index in [9.17, 15) is 0 Å². The van der Waals surface area contributed by atoms with Crippen molar-refractivity contribution in [2.75, 3.05) is 27.7 Å². The highest BCUT2D eigenvalue weighted by Gasteiger charge is 2.20. The second kappa shape index (κ2) is 4.30. The number of rotatable bonds is 1. The maximum atomic E-state index is 4.44. The minimum Gasteiger partial charge on any atom is -0.356 e. The first kappa shape index (κ1) is 10.8. The van der Waals surface area contributed by atoms with Gasteiger partial charge in [-0.3, -0.25) is 4.90 Å². The summed E-state index contributed by atoms with van der Waals surface area (Å²) in [5.74, 6) is 1.82. The summed E-state index contributed by atoms with van der Waals surface area (Å²) in [6.07, 6.45) is -0.00218. The fraction of sp³-hybridized carbons (Fsp3) is 0.778. The van der Waals surface area contributed by atoms with Crippen LogP contribution < -0.4 is 5.32 Å². The molecule has 0 radical (unpaired) electrons. The predicted molar refractivity (Wildman–Crippen MR) is 59.5 cm³/mol. The lowest BCUT2D eigenvalue weighted by molar-refractivity contribution is 0.492. The predicted octanol–water partition coefficient (Wildman–Crippen LogP) is 0.161. The van der Waals surface area contributed by atoms with Crippen LogP contribution in [-0.2, 0) is 0 Å². The monoisotopic (exact) mass is 197 g/mol. The summed E-state index contributed by atoms with van der Waals surface area (Å²) in [4.78, 5) is 12.8. The fourth-order valence-electron chi connectivity index (χ4n) is 1.38. The van der Waals surface area contributed by atoms with Crippen molar-refractivity contribution in [2.24, 2.45) is 9.98 Å². The minimum absolute atomic E-state index is 0.00218. The fourth-order valence-corrected chi connectivity index (χ4v) is 1.38. The first-order valence-corrected chi connectivity index (χ1v) is 4.86. The van der Waals surface area contributed by atoms with E-state index in [0.29, 0.717) is 0 Å². The van der Waals surface area contributed by atoms with E-state index in [0.717, 1.165) is 18.5 Å². The van der Waals surface area contributed by atoms with Crippen molar-refractivity contribution in [1.82, 2.24) is 15.1 Å². The molecule has 1 aliphatic heterocycles. The van der Waals surface area contributed by atoms with Crippen LogP contribution in [0.4, 0.5) is 0 Å². The minimum atomic E-state index is -0.00218. The largest absolute Gasteiger partial charge is 0.356 e. The van der Waals surface area contributed by atoms with Gasteiger partial charge < -0.3 is 10.2 Å². The number of aliphatic imine (C=N–C) groups is 2. The average Bonchev–Trinajstić information content (AvgIpc) is 2.10. The molecule has 0 aromatic carbocycles. The van der Waals surface area contributed by atoms with E-state index in [-0.39, 0.29) is 6.17 Å². The van der Waals surface area contributed by atoms with Gasteiger partial charge in [-0.2, -0.15) is 0 Å². The van der Waals surface area contributed by atoms with Crippen molar-refractivity contribution < 1.29 is 0 Å². The highest BCUT2D eigenvalue weighted by Crippen LogP contribution is 2.06. The molecule has 0 fully saturated rings. The highest BCUT2D eigenvalue weighted by atomic mass is 15.4. The molecule has 0 spiro atoms. The Morgan fingerprint density at radius 3 is 2.57 bits per heavy atom. The summed E-state index contributed by atoms with van der Waals surface area (Å²) in [6.45, 7) is 4.91. The van der Waals surface area contributed by atoms with E-state index in [1.807, 2.05) is 37.9 Å². The number of hydrogen-bond donors (Lipinski definition) is 1. The lowest BCUT2D eigenvalue weighted by Crippen LogP contribution is -2.50. The first-order chi connectivity index (χ1) is 6.56. The summed E-state index contributed by atoms with van der Waals surface area (Å²) in [5, 5.41) is 3.22.